The Labute approximate surface area is 196 Å². The molecule has 0 spiro atoms. The number of nitro benzene ring substituents is 1. The van der Waals surface area contributed by atoms with Crippen molar-refractivity contribution in [2.45, 2.75) is 0 Å². The molecule has 0 aliphatic carbocycles. The number of ether oxygens (including phenoxy) is 2. The predicted octanol–water partition coefficient (Wildman–Crippen LogP) is 4.50. The standard InChI is InChI=1S/C23H16BrN3O6/c24-18-7-2-1-6-17(18)22(28)26-19(10-14-8-9-20-21(11-14)33-13-32-20)23(29)25-15-4-3-5-16(12-15)27(30)31/h1-12H,13H2,(H,25,29)(H,26,28)/b19-10-. The third kappa shape index (κ3) is 5.18. The lowest BCUT2D eigenvalue weighted by molar-refractivity contribution is -0.384. The van der Waals surface area contributed by atoms with Gasteiger partial charge in [-0.1, -0.05) is 24.3 Å². The van der Waals surface area contributed by atoms with Crippen LogP contribution in [-0.4, -0.2) is 23.5 Å². The molecule has 0 fully saturated rings. The molecule has 33 heavy (non-hydrogen) atoms. The van der Waals surface area contributed by atoms with Gasteiger partial charge in [0.1, 0.15) is 5.70 Å². The summed E-state index contributed by atoms with van der Waals surface area (Å²) in [6.07, 6.45) is 1.48. The molecule has 1 heterocycles. The summed E-state index contributed by atoms with van der Waals surface area (Å²) >= 11 is 3.32. The van der Waals surface area contributed by atoms with E-state index in [2.05, 4.69) is 26.6 Å². The summed E-state index contributed by atoms with van der Waals surface area (Å²) in [6, 6.07) is 17.4. The van der Waals surface area contributed by atoms with Gasteiger partial charge in [-0.2, -0.15) is 0 Å². The zero-order valence-electron chi connectivity index (χ0n) is 16.9. The molecule has 0 atom stereocenters. The smallest absolute Gasteiger partial charge is 0.272 e. The van der Waals surface area contributed by atoms with Crippen LogP contribution in [0.2, 0.25) is 0 Å². The van der Waals surface area contributed by atoms with Gasteiger partial charge >= 0.3 is 0 Å². The number of amides is 2. The fourth-order valence-corrected chi connectivity index (χ4v) is 3.52. The van der Waals surface area contributed by atoms with Gasteiger partial charge in [-0.3, -0.25) is 19.7 Å². The minimum Gasteiger partial charge on any atom is -0.454 e. The quantitative estimate of drug-likeness (QED) is 0.287. The Kier molecular flexibility index (Phi) is 6.36. The van der Waals surface area contributed by atoms with Gasteiger partial charge in [0.2, 0.25) is 6.79 Å². The highest BCUT2D eigenvalue weighted by Crippen LogP contribution is 2.33. The Morgan fingerprint density at radius 2 is 1.79 bits per heavy atom. The van der Waals surface area contributed by atoms with Crippen molar-refractivity contribution in [3.05, 3.63) is 98.1 Å². The normalized spacial score (nSPS) is 12.2. The van der Waals surface area contributed by atoms with Crippen molar-refractivity contribution >= 4 is 45.2 Å². The van der Waals surface area contributed by atoms with Crippen molar-refractivity contribution in [3.63, 3.8) is 0 Å². The van der Waals surface area contributed by atoms with Gasteiger partial charge in [-0.05, 0) is 57.9 Å². The van der Waals surface area contributed by atoms with Crippen LogP contribution in [0.5, 0.6) is 11.5 Å². The zero-order valence-corrected chi connectivity index (χ0v) is 18.5. The van der Waals surface area contributed by atoms with Gasteiger partial charge in [0.15, 0.2) is 11.5 Å². The van der Waals surface area contributed by atoms with Gasteiger partial charge in [0.05, 0.1) is 10.5 Å². The van der Waals surface area contributed by atoms with E-state index in [9.17, 15) is 19.7 Å². The highest BCUT2D eigenvalue weighted by Gasteiger charge is 2.19. The number of nitrogens with zero attached hydrogens (tertiary/aromatic N) is 1. The molecule has 2 amide bonds. The van der Waals surface area contributed by atoms with Crippen LogP contribution in [0.15, 0.2) is 76.9 Å². The lowest BCUT2D eigenvalue weighted by Gasteiger charge is -2.12. The van der Waals surface area contributed by atoms with Crippen molar-refractivity contribution in [1.82, 2.24) is 5.32 Å². The number of benzene rings is 3. The fraction of sp³-hybridized carbons (Fsp3) is 0.0435. The van der Waals surface area contributed by atoms with E-state index < -0.39 is 16.7 Å². The molecule has 2 N–H and O–H groups in total. The number of rotatable bonds is 6. The SMILES string of the molecule is O=C(Nc1cccc([N+](=O)[O-])c1)/C(=C/c1ccc2c(c1)OCO2)NC(=O)c1ccccc1Br. The molecule has 10 heteroatoms. The van der Waals surface area contributed by atoms with E-state index in [0.717, 1.165) is 0 Å². The Balaban J connectivity index is 1.65. The summed E-state index contributed by atoms with van der Waals surface area (Å²) in [5.41, 5.74) is 0.876. The fourth-order valence-electron chi connectivity index (χ4n) is 3.06. The number of non-ortho nitro benzene ring substituents is 1. The second-order valence-corrected chi connectivity index (χ2v) is 7.72. The first-order valence-corrected chi connectivity index (χ1v) is 10.4. The van der Waals surface area contributed by atoms with Crippen LogP contribution in [0.4, 0.5) is 11.4 Å². The van der Waals surface area contributed by atoms with E-state index in [0.29, 0.717) is 27.1 Å². The van der Waals surface area contributed by atoms with Gasteiger partial charge < -0.3 is 20.1 Å². The maximum Gasteiger partial charge on any atom is 0.272 e. The van der Waals surface area contributed by atoms with E-state index >= 15 is 0 Å². The van der Waals surface area contributed by atoms with E-state index in [1.807, 2.05) is 0 Å². The van der Waals surface area contributed by atoms with Crippen molar-refractivity contribution in [2.75, 3.05) is 12.1 Å². The van der Waals surface area contributed by atoms with E-state index in [-0.39, 0.29) is 23.9 Å². The molecule has 0 aromatic heterocycles. The number of hydrogen-bond acceptors (Lipinski definition) is 6. The predicted molar refractivity (Wildman–Crippen MR) is 124 cm³/mol. The third-order valence-electron chi connectivity index (χ3n) is 4.63. The van der Waals surface area contributed by atoms with Crippen LogP contribution in [0, 0.1) is 10.1 Å². The topological polar surface area (TPSA) is 120 Å². The minimum absolute atomic E-state index is 0.0684. The van der Waals surface area contributed by atoms with E-state index in [1.54, 1.807) is 42.5 Å². The van der Waals surface area contributed by atoms with Crippen LogP contribution >= 0.6 is 15.9 Å². The average Bonchev–Trinajstić information content (AvgIpc) is 3.27. The summed E-state index contributed by atoms with van der Waals surface area (Å²) in [6.45, 7) is 0.0986. The first-order valence-electron chi connectivity index (χ1n) is 9.64. The highest BCUT2D eigenvalue weighted by atomic mass is 79.9. The Hall–Kier alpha value is -4.18. The summed E-state index contributed by atoms with van der Waals surface area (Å²) in [5, 5.41) is 16.2. The second kappa shape index (κ2) is 9.53. The van der Waals surface area contributed by atoms with E-state index in [1.165, 1.54) is 30.3 Å². The first kappa shape index (κ1) is 22.0. The molecular formula is C23H16BrN3O6. The molecule has 0 saturated heterocycles. The number of carbonyl (C=O) groups excluding carboxylic acids is 2. The summed E-state index contributed by atoms with van der Waals surface area (Å²) in [4.78, 5) is 36.4. The molecule has 9 nitrogen and oxygen atoms in total. The highest BCUT2D eigenvalue weighted by molar-refractivity contribution is 9.10. The molecule has 3 aromatic carbocycles. The molecule has 3 aromatic rings. The number of hydrogen-bond donors (Lipinski definition) is 2. The maximum absolute atomic E-state index is 13.1. The van der Waals surface area contributed by atoms with Gasteiger partial charge in [0.25, 0.3) is 17.5 Å². The number of fused-ring (bicyclic) bond motifs is 1. The van der Waals surface area contributed by atoms with Crippen molar-refractivity contribution < 1.29 is 24.0 Å². The van der Waals surface area contributed by atoms with Crippen LogP contribution in [0.1, 0.15) is 15.9 Å². The Morgan fingerprint density at radius 1 is 1.00 bits per heavy atom. The Bertz CT molecular complexity index is 1290. The second-order valence-electron chi connectivity index (χ2n) is 6.87. The maximum atomic E-state index is 13.1. The summed E-state index contributed by atoms with van der Waals surface area (Å²) in [5.74, 6) is -0.0800. The summed E-state index contributed by atoms with van der Waals surface area (Å²) < 4.78 is 11.2. The average molecular weight is 510 g/mol. The molecule has 0 radical (unpaired) electrons. The number of anilines is 1. The van der Waals surface area contributed by atoms with Crippen LogP contribution in [-0.2, 0) is 4.79 Å². The number of nitro groups is 1. The van der Waals surface area contributed by atoms with Crippen molar-refractivity contribution in [3.8, 4) is 11.5 Å². The van der Waals surface area contributed by atoms with Gasteiger partial charge in [0, 0.05) is 22.3 Å². The molecule has 1 aliphatic heterocycles. The lowest BCUT2D eigenvalue weighted by atomic mass is 10.1. The van der Waals surface area contributed by atoms with Crippen LogP contribution < -0.4 is 20.1 Å². The van der Waals surface area contributed by atoms with Crippen molar-refractivity contribution in [2.24, 2.45) is 0 Å². The molecular weight excluding hydrogens is 494 g/mol. The first-order chi connectivity index (χ1) is 15.9. The molecule has 0 saturated carbocycles. The molecule has 0 unspecified atom stereocenters. The molecule has 1 aliphatic rings. The number of halogens is 1. The Morgan fingerprint density at radius 3 is 2.58 bits per heavy atom. The zero-order chi connectivity index (χ0) is 23.4. The number of nitrogens with one attached hydrogen (secondary N) is 2. The lowest BCUT2D eigenvalue weighted by Crippen LogP contribution is -2.31. The summed E-state index contributed by atoms with van der Waals surface area (Å²) in [7, 11) is 0. The molecule has 4 rings (SSSR count). The van der Waals surface area contributed by atoms with Gasteiger partial charge in [-0.15, -0.1) is 0 Å². The third-order valence-corrected chi connectivity index (χ3v) is 5.33. The van der Waals surface area contributed by atoms with Crippen LogP contribution in [0.25, 0.3) is 6.08 Å². The monoisotopic (exact) mass is 509 g/mol. The molecule has 166 valence electrons. The molecule has 0 bridgehead atoms. The van der Waals surface area contributed by atoms with Crippen molar-refractivity contribution in [1.29, 1.82) is 0 Å². The largest absolute Gasteiger partial charge is 0.454 e. The van der Waals surface area contributed by atoms with Gasteiger partial charge in [-0.25, -0.2) is 0 Å². The van der Waals surface area contributed by atoms with Crippen LogP contribution in [0.3, 0.4) is 0 Å². The minimum atomic E-state index is -0.659. The van der Waals surface area contributed by atoms with E-state index in [4.69, 9.17) is 9.47 Å². The number of carbonyl (C=O) groups is 2.